The van der Waals surface area contributed by atoms with Gasteiger partial charge in [-0.15, -0.1) is 0 Å². The third-order valence-electron chi connectivity index (χ3n) is 7.59. The third kappa shape index (κ3) is 13.8. The number of anilines is 1. The molecule has 0 fully saturated rings. The zero-order valence-corrected chi connectivity index (χ0v) is 27.1. The SMILES string of the molecule is CCCCCCCCCCCCCCCCOc1c(OCC(=O)Nc2ccc(C[n+]3ccsc3)cc2)cccc1C(C)=O. The first-order valence-corrected chi connectivity index (χ1v) is 17.2. The van der Waals surface area contributed by atoms with Crippen molar-refractivity contribution in [1.29, 1.82) is 0 Å². The first-order chi connectivity index (χ1) is 21.1. The van der Waals surface area contributed by atoms with Gasteiger partial charge in [-0.05, 0) is 37.6 Å². The maximum absolute atomic E-state index is 12.6. The van der Waals surface area contributed by atoms with Gasteiger partial charge in [0.15, 0.2) is 36.6 Å². The Morgan fingerprint density at radius 2 is 1.42 bits per heavy atom. The molecule has 0 atom stereocenters. The number of ether oxygens (including phenoxy) is 2. The molecule has 3 aromatic rings. The molecule has 0 aliphatic carbocycles. The Hall–Kier alpha value is -3.19. The summed E-state index contributed by atoms with van der Waals surface area (Å²) in [4.78, 5) is 24.9. The van der Waals surface area contributed by atoms with Crippen LogP contribution in [-0.2, 0) is 11.3 Å². The van der Waals surface area contributed by atoms with E-state index in [9.17, 15) is 9.59 Å². The molecular weight excluding hydrogens is 556 g/mol. The molecule has 1 heterocycles. The smallest absolute Gasteiger partial charge is 0.262 e. The van der Waals surface area contributed by atoms with Gasteiger partial charge in [0.2, 0.25) is 5.51 Å². The van der Waals surface area contributed by atoms with Gasteiger partial charge in [0, 0.05) is 11.3 Å². The molecule has 0 aliphatic rings. The number of nitrogens with zero attached hydrogens (tertiary/aromatic N) is 1. The van der Waals surface area contributed by atoms with E-state index >= 15 is 0 Å². The lowest BCUT2D eigenvalue weighted by atomic mass is 10.0. The van der Waals surface area contributed by atoms with E-state index in [1.807, 2.05) is 35.8 Å². The molecule has 0 saturated heterocycles. The van der Waals surface area contributed by atoms with Crippen LogP contribution in [0, 0.1) is 0 Å². The molecule has 0 saturated carbocycles. The highest BCUT2D eigenvalue weighted by Gasteiger charge is 2.16. The average molecular weight is 608 g/mol. The van der Waals surface area contributed by atoms with Gasteiger partial charge in [-0.25, -0.2) is 0 Å². The van der Waals surface area contributed by atoms with Crippen molar-refractivity contribution in [2.75, 3.05) is 18.5 Å². The van der Waals surface area contributed by atoms with E-state index in [4.69, 9.17) is 9.47 Å². The monoisotopic (exact) mass is 607 g/mol. The van der Waals surface area contributed by atoms with E-state index in [0.717, 1.165) is 24.9 Å². The van der Waals surface area contributed by atoms with Crippen LogP contribution in [0.3, 0.4) is 0 Å². The number of hydrogen-bond donors (Lipinski definition) is 1. The molecule has 43 heavy (non-hydrogen) atoms. The minimum Gasteiger partial charge on any atom is -0.489 e. The molecular formula is C36H51N2O4S+. The molecule has 0 bridgehead atoms. The second-order valence-corrected chi connectivity index (χ2v) is 12.1. The Morgan fingerprint density at radius 1 is 0.791 bits per heavy atom. The van der Waals surface area contributed by atoms with Gasteiger partial charge in [-0.2, -0.15) is 4.57 Å². The van der Waals surface area contributed by atoms with Crippen molar-refractivity contribution < 1.29 is 23.6 Å². The van der Waals surface area contributed by atoms with E-state index in [1.54, 1.807) is 29.5 Å². The molecule has 2 aromatic carbocycles. The number of carbonyl (C=O) groups excluding carboxylic acids is 2. The summed E-state index contributed by atoms with van der Waals surface area (Å²) in [6.07, 6.45) is 20.2. The molecule has 1 amide bonds. The lowest BCUT2D eigenvalue weighted by Crippen LogP contribution is -2.30. The van der Waals surface area contributed by atoms with Crippen molar-refractivity contribution in [1.82, 2.24) is 0 Å². The normalized spacial score (nSPS) is 10.9. The number of ketones is 1. The Labute approximate surface area is 262 Å². The Morgan fingerprint density at radius 3 is 2.00 bits per heavy atom. The molecule has 0 unspecified atom stereocenters. The van der Waals surface area contributed by atoms with Crippen LogP contribution in [0.25, 0.3) is 0 Å². The second kappa shape index (κ2) is 20.7. The minimum atomic E-state index is -0.272. The van der Waals surface area contributed by atoms with E-state index in [0.29, 0.717) is 29.4 Å². The van der Waals surface area contributed by atoms with Crippen molar-refractivity contribution in [3.05, 3.63) is 70.7 Å². The Bertz CT molecular complexity index is 1190. The van der Waals surface area contributed by atoms with Gasteiger partial charge in [0.1, 0.15) is 0 Å². The highest BCUT2D eigenvalue weighted by atomic mass is 32.1. The lowest BCUT2D eigenvalue weighted by molar-refractivity contribution is -0.683. The van der Waals surface area contributed by atoms with Crippen LogP contribution in [-0.4, -0.2) is 24.9 Å². The fourth-order valence-electron chi connectivity index (χ4n) is 5.12. The van der Waals surface area contributed by atoms with E-state index in [2.05, 4.69) is 22.3 Å². The number of rotatable bonds is 23. The molecule has 234 valence electrons. The maximum Gasteiger partial charge on any atom is 0.262 e. The van der Waals surface area contributed by atoms with Crippen LogP contribution in [0.1, 0.15) is 120 Å². The van der Waals surface area contributed by atoms with Crippen LogP contribution >= 0.6 is 11.3 Å². The molecule has 6 nitrogen and oxygen atoms in total. The molecule has 0 spiro atoms. The summed E-state index contributed by atoms with van der Waals surface area (Å²) < 4.78 is 14.0. The largest absolute Gasteiger partial charge is 0.489 e. The summed E-state index contributed by atoms with van der Waals surface area (Å²) in [5.41, 5.74) is 4.40. The van der Waals surface area contributed by atoms with E-state index < -0.39 is 0 Å². The lowest BCUT2D eigenvalue weighted by Gasteiger charge is -2.15. The number of unbranched alkanes of at least 4 members (excludes halogenated alkanes) is 13. The predicted molar refractivity (Wildman–Crippen MR) is 176 cm³/mol. The number of amides is 1. The summed E-state index contributed by atoms with van der Waals surface area (Å²) in [5.74, 6) is 0.474. The van der Waals surface area contributed by atoms with Crippen LogP contribution in [0.5, 0.6) is 11.5 Å². The second-order valence-electron chi connectivity index (χ2n) is 11.4. The number of benzene rings is 2. The van der Waals surface area contributed by atoms with Gasteiger partial charge in [-0.3, -0.25) is 9.59 Å². The number of thiazole rings is 1. The van der Waals surface area contributed by atoms with Crippen molar-refractivity contribution in [2.24, 2.45) is 0 Å². The molecule has 0 radical (unpaired) electrons. The number of para-hydroxylation sites is 1. The van der Waals surface area contributed by atoms with Crippen LogP contribution in [0.4, 0.5) is 5.69 Å². The van der Waals surface area contributed by atoms with Gasteiger partial charge in [0.25, 0.3) is 5.91 Å². The number of hydrogen-bond acceptors (Lipinski definition) is 5. The van der Waals surface area contributed by atoms with Gasteiger partial charge in [-0.1, -0.05) is 120 Å². The number of carbonyl (C=O) groups is 2. The standard InChI is InChI=1S/C36H50N2O4S/c1-3-4-5-6-7-8-9-10-11-12-13-14-15-16-25-41-36-33(30(2)39)18-17-19-34(36)42-28-35(40)37-32-22-20-31(21-23-32)27-38-24-26-43-29-38/h17-24,26,29H,3-16,25,27-28H2,1-2H3/p+1. The summed E-state index contributed by atoms with van der Waals surface area (Å²) in [6, 6.07) is 13.0. The minimum absolute atomic E-state index is 0.0911. The summed E-state index contributed by atoms with van der Waals surface area (Å²) in [5, 5.41) is 4.92. The average Bonchev–Trinajstić information content (AvgIpc) is 3.52. The molecule has 0 aliphatic heterocycles. The predicted octanol–water partition coefficient (Wildman–Crippen LogP) is 9.16. The van der Waals surface area contributed by atoms with Crippen LogP contribution < -0.4 is 19.4 Å². The van der Waals surface area contributed by atoms with E-state index in [1.165, 1.54) is 84.0 Å². The quantitative estimate of drug-likeness (QED) is 0.0663. The molecule has 3 rings (SSSR count). The van der Waals surface area contributed by atoms with Crippen molar-refractivity contribution in [3.63, 3.8) is 0 Å². The Balaban J connectivity index is 1.34. The van der Waals surface area contributed by atoms with Crippen LogP contribution in [0.2, 0.25) is 0 Å². The zero-order valence-electron chi connectivity index (χ0n) is 26.3. The van der Waals surface area contributed by atoms with Gasteiger partial charge in [0.05, 0.1) is 17.6 Å². The summed E-state index contributed by atoms with van der Waals surface area (Å²) in [6.45, 7) is 4.91. The van der Waals surface area contributed by atoms with Gasteiger partial charge < -0.3 is 14.8 Å². The third-order valence-corrected chi connectivity index (χ3v) is 8.26. The number of nitrogens with one attached hydrogen (secondary N) is 1. The number of aromatic nitrogens is 1. The topological polar surface area (TPSA) is 68.5 Å². The highest BCUT2D eigenvalue weighted by Crippen LogP contribution is 2.32. The first kappa shape index (κ1) is 34.3. The summed E-state index contributed by atoms with van der Waals surface area (Å²) in [7, 11) is 0. The van der Waals surface area contributed by atoms with Crippen molar-refractivity contribution >= 4 is 28.7 Å². The number of Topliss-reactive ketones (excluding diaryl/α,β-unsaturated/α-hetero) is 1. The fourth-order valence-corrected chi connectivity index (χ4v) is 5.72. The molecule has 7 heteroatoms. The maximum atomic E-state index is 12.6. The first-order valence-electron chi connectivity index (χ1n) is 16.3. The highest BCUT2D eigenvalue weighted by molar-refractivity contribution is 7.07. The fraction of sp³-hybridized carbons (Fsp3) is 0.528. The van der Waals surface area contributed by atoms with Crippen molar-refractivity contribution in [2.45, 2.75) is 110 Å². The molecule has 1 N–H and O–H groups in total. The van der Waals surface area contributed by atoms with Crippen LogP contribution in [0.15, 0.2) is 59.6 Å². The zero-order chi connectivity index (χ0) is 30.5. The molecule has 1 aromatic heterocycles. The van der Waals surface area contributed by atoms with Gasteiger partial charge >= 0.3 is 0 Å². The Kier molecular flexibility index (Phi) is 16.5. The van der Waals surface area contributed by atoms with E-state index in [-0.39, 0.29) is 18.3 Å². The van der Waals surface area contributed by atoms with Crippen molar-refractivity contribution in [3.8, 4) is 11.5 Å². The summed E-state index contributed by atoms with van der Waals surface area (Å²) >= 11 is 1.65.